The van der Waals surface area contributed by atoms with Gasteiger partial charge in [0.1, 0.15) is 0 Å². The molecule has 0 bridgehead atoms. The molecule has 1 N–H and O–H groups in total. The van der Waals surface area contributed by atoms with Gasteiger partial charge in [0.2, 0.25) is 11.8 Å². The van der Waals surface area contributed by atoms with Crippen molar-refractivity contribution in [3.63, 3.8) is 0 Å². The minimum atomic E-state index is -0.341. The topological polar surface area (TPSA) is 49.4 Å². The molecule has 1 atom stereocenters. The molecule has 0 spiro atoms. The molecule has 3 aromatic rings. The summed E-state index contributed by atoms with van der Waals surface area (Å²) in [7, 11) is 0. The van der Waals surface area contributed by atoms with Crippen LogP contribution in [0.4, 0.5) is 11.4 Å². The molecule has 1 aliphatic heterocycles. The van der Waals surface area contributed by atoms with E-state index in [9.17, 15) is 9.59 Å². The summed E-state index contributed by atoms with van der Waals surface area (Å²) in [6.07, 6.45) is 2.37. The molecule has 2 amide bonds. The lowest BCUT2D eigenvalue weighted by Gasteiger charge is -2.20. The summed E-state index contributed by atoms with van der Waals surface area (Å²) < 4.78 is 0. The summed E-state index contributed by atoms with van der Waals surface area (Å²) in [5, 5.41) is 5.44. The third-order valence-electron chi connectivity index (χ3n) is 6.28. The first-order valence-corrected chi connectivity index (χ1v) is 10.2. The Hall–Kier alpha value is -3.14. The second-order valence-electron chi connectivity index (χ2n) is 8.30. The molecule has 1 heterocycles. The van der Waals surface area contributed by atoms with Gasteiger partial charge in [0, 0.05) is 24.0 Å². The van der Waals surface area contributed by atoms with E-state index >= 15 is 0 Å². The number of carbonyl (C=O) groups excluding carboxylic acids is 2. The minimum Gasteiger partial charge on any atom is -0.326 e. The maximum atomic E-state index is 12.9. The molecule has 29 heavy (non-hydrogen) atoms. The first-order chi connectivity index (χ1) is 14.0. The van der Waals surface area contributed by atoms with E-state index in [1.807, 2.05) is 26.0 Å². The zero-order chi connectivity index (χ0) is 20.1. The fourth-order valence-corrected chi connectivity index (χ4v) is 4.77. The fraction of sp³-hybridized carbons (Fsp3) is 0.280. The summed E-state index contributed by atoms with van der Waals surface area (Å²) >= 11 is 0. The molecule has 4 heteroatoms. The molecule has 0 saturated carbocycles. The normalized spacial score (nSPS) is 17.9. The van der Waals surface area contributed by atoms with E-state index in [0.717, 1.165) is 40.7 Å². The number of aryl methyl sites for hydroxylation is 4. The fourth-order valence-electron chi connectivity index (χ4n) is 4.77. The van der Waals surface area contributed by atoms with E-state index < -0.39 is 0 Å². The number of hydrogen-bond acceptors (Lipinski definition) is 2. The number of hydrogen-bond donors (Lipinski definition) is 1. The first kappa shape index (κ1) is 17.9. The monoisotopic (exact) mass is 384 g/mol. The number of nitrogens with one attached hydrogen (secondary N) is 1. The molecule has 0 aromatic heterocycles. The number of benzene rings is 3. The Morgan fingerprint density at radius 1 is 1.03 bits per heavy atom. The van der Waals surface area contributed by atoms with Gasteiger partial charge in [-0.3, -0.25) is 9.59 Å². The Bertz CT molecular complexity index is 1150. The molecular weight excluding hydrogens is 360 g/mol. The highest BCUT2D eigenvalue weighted by atomic mass is 16.2. The lowest BCUT2D eigenvalue weighted by molar-refractivity contribution is -0.122. The van der Waals surface area contributed by atoms with Crippen molar-refractivity contribution in [2.45, 2.75) is 33.1 Å². The molecule has 5 rings (SSSR count). The second-order valence-corrected chi connectivity index (χ2v) is 8.30. The molecule has 1 unspecified atom stereocenters. The van der Waals surface area contributed by atoms with Crippen LogP contribution in [0.25, 0.3) is 10.8 Å². The Morgan fingerprint density at radius 2 is 1.83 bits per heavy atom. The van der Waals surface area contributed by atoms with Crippen molar-refractivity contribution in [1.82, 2.24) is 0 Å². The molecule has 146 valence electrons. The van der Waals surface area contributed by atoms with Gasteiger partial charge in [-0.15, -0.1) is 0 Å². The summed E-state index contributed by atoms with van der Waals surface area (Å²) in [5.41, 5.74) is 6.66. The number of carbonyl (C=O) groups is 2. The average molecular weight is 384 g/mol. The van der Waals surface area contributed by atoms with E-state index in [-0.39, 0.29) is 24.2 Å². The molecule has 1 saturated heterocycles. The standard InChI is InChI=1S/C25H24N2O2/c1-15-6-10-21(16(2)12-15)26-25(29)19-13-23(28)27(14-19)22-11-9-18-8-7-17-4-3-5-20(22)24(17)18/h3-6,9-12,19H,7-8,13-14H2,1-2H3,(H,26,29). The van der Waals surface area contributed by atoms with Crippen LogP contribution >= 0.6 is 0 Å². The number of anilines is 2. The van der Waals surface area contributed by atoms with Crippen LogP contribution in [0.2, 0.25) is 0 Å². The molecule has 1 fully saturated rings. The summed E-state index contributed by atoms with van der Waals surface area (Å²) in [6.45, 7) is 4.44. The number of amides is 2. The Labute approximate surface area is 170 Å². The van der Waals surface area contributed by atoms with E-state index in [1.54, 1.807) is 4.90 Å². The van der Waals surface area contributed by atoms with Crippen LogP contribution in [0.1, 0.15) is 28.7 Å². The Kier molecular flexibility index (Phi) is 4.16. The van der Waals surface area contributed by atoms with Crippen LogP contribution in [0, 0.1) is 19.8 Å². The lowest BCUT2D eigenvalue weighted by Crippen LogP contribution is -2.28. The molecule has 3 aromatic carbocycles. The van der Waals surface area contributed by atoms with Gasteiger partial charge in [0.05, 0.1) is 11.6 Å². The number of rotatable bonds is 3. The van der Waals surface area contributed by atoms with Crippen molar-refractivity contribution < 1.29 is 9.59 Å². The van der Waals surface area contributed by atoms with Crippen molar-refractivity contribution in [2.24, 2.45) is 5.92 Å². The Morgan fingerprint density at radius 3 is 2.62 bits per heavy atom. The highest BCUT2D eigenvalue weighted by molar-refractivity contribution is 6.09. The van der Waals surface area contributed by atoms with E-state index in [2.05, 4.69) is 41.7 Å². The van der Waals surface area contributed by atoms with Gasteiger partial charge >= 0.3 is 0 Å². The van der Waals surface area contributed by atoms with Crippen LogP contribution in [0.15, 0.2) is 48.5 Å². The predicted molar refractivity (Wildman–Crippen MR) is 116 cm³/mol. The van der Waals surface area contributed by atoms with Crippen LogP contribution < -0.4 is 10.2 Å². The van der Waals surface area contributed by atoms with Gasteiger partial charge in [-0.1, -0.05) is 42.0 Å². The van der Waals surface area contributed by atoms with Gasteiger partial charge in [-0.2, -0.15) is 0 Å². The maximum absolute atomic E-state index is 12.9. The summed E-state index contributed by atoms with van der Waals surface area (Å²) in [5.74, 6) is -0.408. The second kappa shape index (κ2) is 6.73. The summed E-state index contributed by atoms with van der Waals surface area (Å²) in [6, 6.07) is 16.5. The van der Waals surface area contributed by atoms with Crippen molar-refractivity contribution in [2.75, 3.05) is 16.8 Å². The molecule has 4 nitrogen and oxygen atoms in total. The van der Waals surface area contributed by atoms with Gasteiger partial charge in [0.15, 0.2) is 0 Å². The van der Waals surface area contributed by atoms with Crippen LogP contribution in [0.5, 0.6) is 0 Å². The van der Waals surface area contributed by atoms with Crippen LogP contribution in [-0.2, 0) is 22.4 Å². The smallest absolute Gasteiger partial charge is 0.229 e. The van der Waals surface area contributed by atoms with Gasteiger partial charge in [-0.25, -0.2) is 0 Å². The predicted octanol–water partition coefficient (Wildman–Crippen LogP) is 4.55. The van der Waals surface area contributed by atoms with Crippen LogP contribution in [-0.4, -0.2) is 18.4 Å². The van der Waals surface area contributed by atoms with Gasteiger partial charge < -0.3 is 10.2 Å². The van der Waals surface area contributed by atoms with Crippen molar-refractivity contribution in [3.8, 4) is 0 Å². The lowest BCUT2D eigenvalue weighted by atomic mass is 10.0. The van der Waals surface area contributed by atoms with Crippen molar-refractivity contribution in [3.05, 3.63) is 70.8 Å². The van der Waals surface area contributed by atoms with E-state index in [4.69, 9.17) is 0 Å². The van der Waals surface area contributed by atoms with E-state index in [1.165, 1.54) is 16.5 Å². The number of nitrogens with zero attached hydrogens (tertiary/aromatic N) is 1. The maximum Gasteiger partial charge on any atom is 0.229 e. The van der Waals surface area contributed by atoms with Crippen molar-refractivity contribution >= 4 is 34.0 Å². The highest BCUT2D eigenvalue weighted by Gasteiger charge is 2.36. The first-order valence-electron chi connectivity index (χ1n) is 10.2. The van der Waals surface area contributed by atoms with Crippen LogP contribution in [0.3, 0.4) is 0 Å². The largest absolute Gasteiger partial charge is 0.326 e. The molecule has 1 aliphatic carbocycles. The van der Waals surface area contributed by atoms with Crippen molar-refractivity contribution in [1.29, 1.82) is 0 Å². The zero-order valence-corrected chi connectivity index (χ0v) is 16.8. The average Bonchev–Trinajstić information content (AvgIpc) is 3.30. The Balaban J connectivity index is 1.41. The third-order valence-corrected chi connectivity index (χ3v) is 6.28. The zero-order valence-electron chi connectivity index (χ0n) is 16.8. The molecular formula is C25H24N2O2. The van der Waals surface area contributed by atoms with Gasteiger partial charge in [0.25, 0.3) is 0 Å². The van der Waals surface area contributed by atoms with Gasteiger partial charge in [-0.05, 0) is 60.9 Å². The molecule has 2 aliphatic rings. The quantitative estimate of drug-likeness (QED) is 0.720. The summed E-state index contributed by atoms with van der Waals surface area (Å²) in [4.78, 5) is 27.5. The minimum absolute atomic E-state index is 0.0180. The third kappa shape index (κ3) is 3.00. The molecule has 0 radical (unpaired) electrons. The van der Waals surface area contributed by atoms with E-state index in [0.29, 0.717) is 6.54 Å². The highest BCUT2D eigenvalue weighted by Crippen LogP contribution is 2.38. The SMILES string of the molecule is Cc1ccc(NC(=O)C2CC(=O)N(c3ccc4c5c(cccc35)CC4)C2)c(C)c1.